The number of carbonyl (C=O) groups is 1. The van der Waals surface area contributed by atoms with E-state index in [1.54, 1.807) is 6.92 Å². The number of rotatable bonds is 4. The van der Waals surface area contributed by atoms with E-state index in [1.807, 2.05) is 25.1 Å². The van der Waals surface area contributed by atoms with Gasteiger partial charge in [0.25, 0.3) is 0 Å². The van der Waals surface area contributed by atoms with Gasteiger partial charge >= 0.3 is 0 Å². The standard InChI is InChI=1S/C18H18O2/c1-12-7-8-16(13(2)19)18(9-12)20-11-15-10-14-5-3-4-6-17(14)15/h3-9,15H,10-11H2,1-2H3. The number of hydrogen-bond acceptors (Lipinski definition) is 2. The average Bonchev–Trinajstić information content (AvgIpc) is 2.39. The number of ketones is 1. The highest BCUT2D eigenvalue weighted by atomic mass is 16.5. The number of fused-ring (bicyclic) bond motifs is 1. The van der Waals surface area contributed by atoms with Gasteiger partial charge in [-0.05, 0) is 49.1 Å². The van der Waals surface area contributed by atoms with Crippen LogP contribution < -0.4 is 4.74 Å². The van der Waals surface area contributed by atoms with Crippen molar-refractivity contribution in [1.29, 1.82) is 0 Å². The molecule has 1 unspecified atom stereocenters. The van der Waals surface area contributed by atoms with Crippen molar-refractivity contribution in [2.24, 2.45) is 0 Å². The summed E-state index contributed by atoms with van der Waals surface area (Å²) in [7, 11) is 0. The van der Waals surface area contributed by atoms with Crippen molar-refractivity contribution in [1.82, 2.24) is 0 Å². The molecule has 0 heterocycles. The molecule has 3 rings (SSSR count). The summed E-state index contributed by atoms with van der Waals surface area (Å²) in [5, 5.41) is 0. The number of benzene rings is 2. The Hall–Kier alpha value is -2.09. The van der Waals surface area contributed by atoms with E-state index in [2.05, 4.69) is 24.3 Å². The normalized spacial score (nSPS) is 16.2. The lowest BCUT2D eigenvalue weighted by Gasteiger charge is -2.30. The summed E-state index contributed by atoms with van der Waals surface area (Å²) in [6.07, 6.45) is 1.07. The van der Waals surface area contributed by atoms with Crippen LogP contribution in [0.4, 0.5) is 0 Å². The molecule has 0 N–H and O–H groups in total. The SMILES string of the molecule is CC(=O)c1ccc(C)cc1OCC1Cc2ccccc21. The Morgan fingerprint density at radius 2 is 2.05 bits per heavy atom. The molecule has 2 nitrogen and oxygen atoms in total. The van der Waals surface area contributed by atoms with Crippen molar-refractivity contribution in [3.8, 4) is 5.75 Å². The second kappa shape index (κ2) is 5.12. The van der Waals surface area contributed by atoms with E-state index in [0.29, 0.717) is 23.8 Å². The van der Waals surface area contributed by atoms with E-state index < -0.39 is 0 Å². The molecule has 0 fully saturated rings. The lowest BCUT2D eigenvalue weighted by atomic mass is 9.78. The van der Waals surface area contributed by atoms with Gasteiger partial charge in [-0.3, -0.25) is 4.79 Å². The van der Waals surface area contributed by atoms with Gasteiger partial charge in [-0.15, -0.1) is 0 Å². The smallest absolute Gasteiger partial charge is 0.163 e. The van der Waals surface area contributed by atoms with Crippen molar-refractivity contribution < 1.29 is 9.53 Å². The van der Waals surface area contributed by atoms with Crippen molar-refractivity contribution in [3.63, 3.8) is 0 Å². The molecule has 0 saturated carbocycles. The topological polar surface area (TPSA) is 26.3 Å². The van der Waals surface area contributed by atoms with E-state index >= 15 is 0 Å². The van der Waals surface area contributed by atoms with Crippen molar-refractivity contribution >= 4 is 5.78 Å². The predicted molar refractivity (Wildman–Crippen MR) is 79.6 cm³/mol. The summed E-state index contributed by atoms with van der Waals surface area (Å²) in [5.41, 5.74) is 4.57. The number of ether oxygens (including phenoxy) is 1. The second-order valence-electron chi connectivity index (χ2n) is 5.47. The number of carbonyl (C=O) groups excluding carboxylic acids is 1. The summed E-state index contributed by atoms with van der Waals surface area (Å²) in [6.45, 7) is 4.23. The molecule has 1 aliphatic carbocycles. The number of Topliss-reactive ketones (excluding diaryl/α,β-unsaturated/α-hetero) is 1. The highest BCUT2D eigenvalue weighted by molar-refractivity contribution is 5.96. The lowest BCUT2D eigenvalue weighted by Crippen LogP contribution is -2.23. The fourth-order valence-corrected chi connectivity index (χ4v) is 2.74. The van der Waals surface area contributed by atoms with Crippen molar-refractivity contribution in [2.45, 2.75) is 26.2 Å². The fraction of sp³-hybridized carbons (Fsp3) is 0.278. The zero-order valence-corrected chi connectivity index (χ0v) is 11.8. The fourth-order valence-electron chi connectivity index (χ4n) is 2.74. The Bertz CT molecular complexity index is 658. The van der Waals surface area contributed by atoms with Crippen LogP contribution in [0.15, 0.2) is 42.5 Å². The first-order valence-corrected chi connectivity index (χ1v) is 6.97. The monoisotopic (exact) mass is 266 g/mol. The second-order valence-corrected chi connectivity index (χ2v) is 5.47. The Balaban J connectivity index is 1.74. The molecule has 20 heavy (non-hydrogen) atoms. The van der Waals surface area contributed by atoms with Crippen molar-refractivity contribution in [3.05, 3.63) is 64.7 Å². The third kappa shape index (κ3) is 2.34. The first kappa shape index (κ1) is 12.9. The molecule has 102 valence electrons. The lowest BCUT2D eigenvalue weighted by molar-refractivity contribution is 0.101. The Kier molecular flexibility index (Phi) is 3.31. The minimum Gasteiger partial charge on any atom is -0.492 e. The van der Waals surface area contributed by atoms with E-state index in [4.69, 9.17) is 4.74 Å². The van der Waals surface area contributed by atoms with Gasteiger partial charge in [0.15, 0.2) is 5.78 Å². The van der Waals surface area contributed by atoms with Crippen LogP contribution in [0.5, 0.6) is 5.75 Å². The predicted octanol–water partition coefficient (Wildman–Crippen LogP) is 3.92. The molecule has 0 amide bonds. The number of hydrogen-bond donors (Lipinski definition) is 0. The highest BCUT2D eigenvalue weighted by Crippen LogP contribution is 2.35. The Labute approximate surface area is 119 Å². The molecule has 0 saturated heterocycles. The molecular weight excluding hydrogens is 248 g/mol. The van der Waals surface area contributed by atoms with E-state index in [-0.39, 0.29) is 5.78 Å². The van der Waals surface area contributed by atoms with Crippen LogP contribution in [0.2, 0.25) is 0 Å². The third-order valence-corrected chi connectivity index (χ3v) is 3.92. The van der Waals surface area contributed by atoms with Gasteiger partial charge in [0, 0.05) is 5.92 Å². The molecule has 2 heteroatoms. The van der Waals surface area contributed by atoms with Crippen LogP contribution >= 0.6 is 0 Å². The van der Waals surface area contributed by atoms with Crippen LogP contribution in [-0.2, 0) is 6.42 Å². The summed E-state index contributed by atoms with van der Waals surface area (Å²) in [4.78, 5) is 11.6. The van der Waals surface area contributed by atoms with Crippen LogP contribution in [-0.4, -0.2) is 12.4 Å². The zero-order valence-electron chi connectivity index (χ0n) is 11.8. The molecule has 1 aliphatic rings. The maximum Gasteiger partial charge on any atom is 0.163 e. The molecule has 1 atom stereocenters. The quantitative estimate of drug-likeness (QED) is 0.784. The maximum absolute atomic E-state index is 11.6. The third-order valence-electron chi connectivity index (χ3n) is 3.92. The maximum atomic E-state index is 11.6. The Morgan fingerprint density at radius 1 is 1.25 bits per heavy atom. The summed E-state index contributed by atoms with van der Waals surface area (Å²) < 4.78 is 5.92. The van der Waals surface area contributed by atoms with Crippen LogP contribution in [0, 0.1) is 6.92 Å². The number of aryl methyl sites for hydroxylation is 1. The van der Waals surface area contributed by atoms with E-state index in [0.717, 1.165) is 12.0 Å². The van der Waals surface area contributed by atoms with Crippen molar-refractivity contribution in [2.75, 3.05) is 6.61 Å². The van der Waals surface area contributed by atoms with Crippen LogP contribution in [0.1, 0.15) is 39.9 Å². The van der Waals surface area contributed by atoms with Gasteiger partial charge in [-0.2, -0.15) is 0 Å². The molecule has 2 aromatic rings. The minimum atomic E-state index is 0.0500. The van der Waals surface area contributed by atoms with Gasteiger partial charge in [0.2, 0.25) is 0 Å². The first-order chi connectivity index (χ1) is 9.65. The van der Waals surface area contributed by atoms with Gasteiger partial charge in [-0.25, -0.2) is 0 Å². The van der Waals surface area contributed by atoms with Gasteiger partial charge in [0.1, 0.15) is 5.75 Å². The molecule has 0 aliphatic heterocycles. The van der Waals surface area contributed by atoms with Gasteiger partial charge < -0.3 is 4.74 Å². The largest absolute Gasteiger partial charge is 0.492 e. The summed E-state index contributed by atoms with van der Waals surface area (Å²) >= 11 is 0. The van der Waals surface area contributed by atoms with E-state index in [9.17, 15) is 4.79 Å². The molecule has 0 radical (unpaired) electrons. The Morgan fingerprint density at radius 3 is 2.80 bits per heavy atom. The summed E-state index contributed by atoms with van der Waals surface area (Å²) in [5.74, 6) is 1.21. The first-order valence-electron chi connectivity index (χ1n) is 6.97. The highest BCUT2D eigenvalue weighted by Gasteiger charge is 2.26. The van der Waals surface area contributed by atoms with Crippen LogP contribution in [0.25, 0.3) is 0 Å². The minimum absolute atomic E-state index is 0.0500. The molecule has 2 aromatic carbocycles. The van der Waals surface area contributed by atoms with Crippen LogP contribution in [0.3, 0.4) is 0 Å². The van der Waals surface area contributed by atoms with Gasteiger partial charge in [-0.1, -0.05) is 30.3 Å². The summed E-state index contributed by atoms with van der Waals surface area (Å²) in [6, 6.07) is 14.2. The zero-order chi connectivity index (χ0) is 14.1. The van der Waals surface area contributed by atoms with Gasteiger partial charge in [0.05, 0.1) is 12.2 Å². The molecular formula is C18H18O2. The molecule has 0 bridgehead atoms. The molecule has 0 aromatic heterocycles. The molecule has 0 spiro atoms. The average molecular weight is 266 g/mol. The van der Waals surface area contributed by atoms with E-state index in [1.165, 1.54) is 11.1 Å².